The molecule has 9 nitrogen and oxygen atoms in total. The second kappa shape index (κ2) is 8.16. The van der Waals surface area contributed by atoms with Crippen molar-refractivity contribution in [1.82, 2.24) is 24.9 Å². The molecule has 0 amide bonds. The molecule has 162 valence electrons. The van der Waals surface area contributed by atoms with E-state index in [1.54, 1.807) is 10.7 Å². The number of aliphatic hydroxyl groups excluding tert-OH is 1. The van der Waals surface area contributed by atoms with Gasteiger partial charge in [-0.3, -0.25) is 0 Å². The van der Waals surface area contributed by atoms with Crippen LogP contribution in [0.3, 0.4) is 0 Å². The van der Waals surface area contributed by atoms with Crippen LogP contribution in [0.2, 0.25) is 0 Å². The van der Waals surface area contributed by atoms with Crippen LogP contribution in [0.1, 0.15) is 24.5 Å². The molecule has 0 radical (unpaired) electrons. The molecular formula is C22H27N7O2. The van der Waals surface area contributed by atoms with Gasteiger partial charge in [-0.1, -0.05) is 6.58 Å². The highest BCUT2D eigenvalue weighted by molar-refractivity contribution is 5.78. The Morgan fingerprint density at radius 3 is 2.74 bits per heavy atom. The molecule has 3 aromatic rings. The Balaban J connectivity index is 1.43. The quantitative estimate of drug-likeness (QED) is 0.549. The molecule has 3 aromatic heterocycles. The van der Waals surface area contributed by atoms with Gasteiger partial charge in [-0.05, 0) is 25.0 Å². The lowest BCUT2D eigenvalue weighted by atomic mass is 9.91. The normalized spacial score (nSPS) is 22.0. The van der Waals surface area contributed by atoms with Crippen LogP contribution in [0, 0.1) is 0 Å². The lowest BCUT2D eigenvalue weighted by molar-refractivity contribution is 0.122. The number of nitrogens with zero attached hydrogens (tertiary/aromatic N) is 5. The molecule has 2 saturated heterocycles. The molecule has 4 N–H and O–H groups in total. The largest absolute Gasteiger partial charge is 0.511 e. The van der Waals surface area contributed by atoms with E-state index in [-0.39, 0.29) is 17.7 Å². The lowest BCUT2D eigenvalue weighted by Gasteiger charge is -2.29. The summed E-state index contributed by atoms with van der Waals surface area (Å²) in [5, 5.41) is 17.4. The highest BCUT2D eigenvalue weighted by Crippen LogP contribution is 2.30. The number of hydrogen-bond acceptors (Lipinski definition) is 8. The Bertz CT molecular complexity index is 1080. The standard InChI is InChI=1S/C22H27N7O2/c1-14(30)18-4-2-16(12-24-18)19-10-20(23)29-22(27-19)17(13-26-29)15-3-5-21(25-11-15)28-6-8-31-9-7-28/h3,5,10-11,13,16,18,24,30H,1-2,4,6-9,12,23H2. The van der Waals surface area contributed by atoms with Crippen LogP contribution in [-0.4, -0.2) is 63.6 Å². The maximum Gasteiger partial charge on any atom is 0.165 e. The van der Waals surface area contributed by atoms with E-state index in [4.69, 9.17) is 15.5 Å². The van der Waals surface area contributed by atoms with Gasteiger partial charge in [0, 0.05) is 48.9 Å². The number of fused-ring (bicyclic) bond motifs is 1. The van der Waals surface area contributed by atoms with Crippen molar-refractivity contribution in [3.8, 4) is 11.1 Å². The Morgan fingerprint density at radius 2 is 2.06 bits per heavy atom. The van der Waals surface area contributed by atoms with Gasteiger partial charge in [0.05, 0.1) is 31.1 Å². The monoisotopic (exact) mass is 421 g/mol. The number of ether oxygens (including phenoxy) is 1. The molecule has 2 aliphatic heterocycles. The van der Waals surface area contributed by atoms with Crippen molar-refractivity contribution in [3.05, 3.63) is 48.6 Å². The van der Waals surface area contributed by atoms with Gasteiger partial charge < -0.3 is 25.8 Å². The maximum atomic E-state index is 9.64. The first-order valence-electron chi connectivity index (χ1n) is 10.6. The highest BCUT2D eigenvalue weighted by atomic mass is 16.5. The SMILES string of the molecule is C=C(O)C1CCC(c2cc(N)n3ncc(-c4ccc(N5CCOCC5)nc4)c3n2)CN1. The summed E-state index contributed by atoms with van der Waals surface area (Å²) in [5.41, 5.74) is 9.82. The first-order chi connectivity index (χ1) is 15.1. The fourth-order valence-corrected chi connectivity index (χ4v) is 4.34. The molecule has 0 spiro atoms. The van der Waals surface area contributed by atoms with Crippen molar-refractivity contribution < 1.29 is 9.84 Å². The number of anilines is 2. The van der Waals surface area contributed by atoms with Crippen LogP contribution in [-0.2, 0) is 4.74 Å². The number of nitrogens with one attached hydrogen (secondary N) is 1. The number of rotatable bonds is 4. The summed E-state index contributed by atoms with van der Waals surface area (Å²) in [6.07, 6.45) is 5.37. The Kier molecular flexibility index (Phi) is 5.21. The molecule has 5 heterocycles. The smallest absolute Gasteiger partial charge is 0.165 e. The summed E-state index contributed by atoms with van der Waals surface area (Å²) in [6, 6.07) is 5.92. The zero-order chi connectivity index (χ0) is 21.4. The Hall–Kier alpha value is -3.17. The van der Waals surface area contributed by atoms with Crippen molar-refractivity contribution in [1.29, 1.82) is 0 Å². The minimum Gasteiger partial charge on any atom is -0.511 e. The summed E-state index contributed by atoms with van der Waals surface area (Å²) >= 11 is 0. The summed E-state index contributed by atoms with van der Waals surface area (Å²) < 4.78 is 7.09. The average molecular weight is 422 g/mol. The summed E-state index contributed by atoms with van der Waals surface area (Å²) in [4.78, 5) is 11.8. The number of aliphatic hydroxyl groups is 1. The second-order valence-corrected chi connectivity index (χ2v) is 8.13. The van der Waals surface area contributed by atoms with Gasteiger partial charge in [-0.25, -0.2) is 9.97 Å². The molecule has 0 saturated carbocycles. The molecule has 9 heteroatoms. The molecule has 31 heavy (non-hydrogen) atoms. The molecular weight excluding hydrogens is 394 g/mol. The molecule has 2 unspecified atom stereocenters. The predicted molar refractivity (Wildman–Crippen MR) is 119 cm³/mol. The zero-order valence-corrected chi connectivity index (χ0v) is 17.4. The van der Waals surface area contributed by atoms with E-state index in [0.717, 1.165) is 67.4 Å². The van der Waals surface area contributed by atoms with Crippen molar-refractivity contribution in [2.45, 2.75) is 24.8 Å². The zero-order valence-electron chi connectivity index (χ0n) is 17.4. The number of morpholine rings is 1. The first-order valence-corrected chi connectivity index (χ1v) is 10.6. The van der Waals surface area contributed by atoms with Crippen molar-refractivity contribution in [3.63, 3.8) is 0 Å². The third-order valence-electron chi connectivity index (χ3n) is 6.15. The second-order valence-electron chi connectivity index (χ2n) is 8.13. The van der Waals surface area contributed by atoms with Crippen molar-refractivity contribution in [2.75, 3.05) is 43.5 Å². The third kappa shape index (κ3) is 3.82. The summed E-state index contributed by atoms with van der Waals surface area (Å²) in [5.74, 6) is 1.91. The average Bonchev–Trinajstić information content (AvgIpc) is 3.24. The van der Waals surface area contributed by atoms with E-state index in [2.05, 4.69) is 32.9 Å². The molecule has 2 atom stereocenters. The number of nitrogens with two attached hydrogens (primary N) is 1. The number of nitrogen functional groups attached to an aromatic ring is 1. The van der Waals surface area contributed by atoms with Crippen molar-refractivity contribution >= 4 is 17.3 Å². The van der Waals surface area contributed by atoms with Gasteiger partial charge >= 0.3 is 0 Å². The van der Waals surface area contributed by atoms with Crippen LogP contribution in [0.5, 0.6) is 0 Å². The first kappa shape index (κ1) is 19.8. The molecule has 2 fully saturated rings. The molecule has 5 rings (SSSR count). The van der Waals surface area contributed by atoms with Crippen LogP contribution in [0.15, 0.2) is 42.9 Å². The minimum atomic E-state index is -0.0566. The van der Waals surface area contributed by atoms with Gasteiger partial charge in [-0.15, -0.1) is 0 Å². The van der Waals surface area contributed by atoms with Crippen molar-refractivity contribution in [2.24, 2.45) is 0 Å². The van der Waals surface area contributed by atoms with Gasteiger partial charge in [-0.2, -0.15) is 9.61 Å². The third-order valence-corrected chi connectivity index (χ3v) is 6.15. The fourth-order valence-electron chi connectivity index (χ4n) is 4.34. The predicted octanol–water partition coefficient (Wildman–Crippen LogP) is 2.12. The Labute approximate surface area is 180 Å². The van der Waals surface area contributed by atoms with Gasteiger partial charge in [0.1, 0.15) is 17.4 Å². The molecule has 2 aliphatic rings. The van der Waals surface area contributed by atoms with E-state index in [9.17, 15) is 5.11 Å². The summed E-state index contributed by atoms with van der Waals surface area (Å²) in [6.45, 7) is 7.51. The number of piperidine rings is 1. The fraction of sp³-hybridized carbons (Fsp3) is 0.409. The van der Waals surface area contributed by atoms with E-state index >= 15 is 0 Å². The molecule has 0 aromatic carbocycles. The Morgan fingerprint density at radius 1 is 1.23 bits per heavy atom. The van der Waals surface area contributed by atoms with Crippen LogP contribution in [0.25, 0.3) is 16.8 Å². The van der Waals surface area contributed by atoms with E-state index < -0.39 is 0 Å². The van der Waals surface area contributed by atoms with Crippen LogP contribution < -0.4 is 16.0 Å². The molecule has 0 bridgehead atoms. The summed E-state index contributed by atoms with van der Waals surface area (Å²) in [7, 11) is 0. The van der Waals surface area contributed by atoms with Gasteiger partial charge in [0.15, 0.2) is 5.65 Å². The topological polar surface area (TPSA) is 114 Å². The van der Waals surface area contributed by atoms with E-state index in [0.29, 0.717) is 12.4 Å². The lowest BCUT2D eigenvalue weighted by Crippen LogP contribution is -2.39. The minimum absolute atomic E-state index is 0.0566. The van der Waals surface area contributed by atoms with Crippen LogP contribution >= 0.6 is 0 Å². The van der Waals surface area contributed by atoms with E-state index in [1.165, 1.54) is 0 Å². The highest BCUT2D eigenvalue weighted by Gasteiger charge is 2.25. The van der Waals surface area contributed by atoms with Crippen LogP contribution in [0.4, 0.5) is 11.6 Å². The maximum absolute atomic E-state index is 9.64. The number of hydrogen-bond donors (Lipinski definition) is 3. The number of pyridine rings is 1. The molecule has 0 aliphatic carbocycles. The van der Waals surface area contributed by atoms with Gasteiger partial charge in [0.25, 0.3) is 0 Å². The number of aromatic nitrogens is 4. The van der Waals surface area contributed by atoms with Gasteiger partial charge in [0.2, 0.25) is 0 Å². The van der Waals surface area contributed by atoms with E-state index in [1.807, 2.05) is 18.3 Å².